The zero-order valence-electron chi connectivity index (χ0n) is 20.9. The molecular weight excluding hydrogens is 492 g/mol. The van der Waals surface area contributed by atoms with E-state index < -0.39 is 0 Å². The molecule has 0 atom stereocenters. The number of hydrogen-bond acceptors (Lipinski definition) is 4. The summed E-state index contributed by atoms with van der Waals surface area (Å²) in [5, 5.41) is 43.8. The van der Waals surface area contributed by atoms with Gasteiger partial charge in [-0.1, -0.05) is 48.5 Å². The lowest BCUT2D eigenvalue weighted by atomic mass is 10.1. The van der Waals surface area contributed by atoms with E-state index >= 15 is 0 Å². The van der Waals surface area contributed by atoms with E-state index in [0.29, 0.717) is 33.6 Å². The van der Waals surface area contributed by atoms with Gasteiger partial charge in [0.05, 0.1) is 55.7 Å². The van der Waals surface area contributed by atoms with Crippen molar-refractivity contribution in [3.63, 3.8) is 0 Å². The van der Waals surface area contributed by atoms with Crippen LogP contribution in [0.1, 0.15) is 22.3 Å². The quantitative estimate of drug-likeness (QED) is 0.243. The van der Waals surface area contributed by atoms with E-state index in [1.807, 2.05) is 69.8 Å². The molecule has 0 spiro atoms. The monoisotopic (exact) mass is 508 g/mol. The molecule has 0 aliphatic rings. The van der Waals surface area contributed by atoms with Crippen molar-refractivity contribution in [3.05, 3.63) is 119 Å². The minimum atomic E-state index is 0.408. The van der Waals surface area contributed by atoms with Gasteiger partial charge in [-0.05, 0) is 48.5 Å². The first-order valence-electron chi connectivity index (χ1n) is 12.5. The van der Waals surface area contributed by atoms with Crippen LogP contribution in [0.15, 0.2) is 97.1 Å². The Labute approximate surface area is 228 Å². The van der Waals surface area contributed by atoms with Crippen LogP contribution in [-0.2, 0) is 0 Å². The van der Waals surface area contributed by atoms with Gasteiger partial charge in [0.15, 0.2) is 0 Å². The predicted molar refractivity (Wildman–Crippen MR) is 154 cm³/mol. The lowest BCUT2D eigenvalue weighted by Gasteiger charge is -2.13. The lowest BCUT2D eigenvalue weighted by Crippen LogP contribution is -2.02. The molecule has 182 valence electrons. The molecule has 2 heterocycles. The van der Waals surface area contributed by atoms with Crippen LogP contribution in [0.3, 0.4) is 0 Å². The third kappa shape index (κ3) is 2.94. The van der Waals surface area contributed by atoms with Crippen LogP contribution in [0.2, 0.25) is 0 Å². The molecule has 5 aromatic carbocycles. The normalized spacial score (nSPS) is 10.9. The van der Waals surface area contributed by atoms with E-state index in [4.69, 9.17) is 0 Å². The SMILES string of the molecule is N#Cc1cccc(C#N)c1-n1c2ccccc2c2c3c4ccccc4n(-c4c(C#N)cccc4C#N)c3ccc21. The van der Waals surface area contributed by atoms with Gasteiger partial charge in [0.25, 0.3) is 0 Å². The van der Waals surface area contributed by atoms with Crippen LogP contribution in [0.4, 0.5) is 0 Å². The van der Waals surface area contributed by atoms with Gasteiger partial charge in [-0.3, -0.25) is 0 Å². The van der Waals surface area contributed by atoms with Crippen LogP contribution in [0, 0.1) is 45.3 Å². The van der Waals surface area contributed by atoms with E-state index in [2.05, 4.69) is 24.3 Å². The summed E-state index contributed by atoms with van der Waals surface area (Å²) in [5.41, 5.74) is 6.17. The van der Waals surface area contributed by atoms with Crippen molar-refractivity contribution in [1.82, 2.24) is 9.13 Å². The highest BCUT2D eigenvalue weighted by Gasteiger charge is 2.24. The molecule has 7 rings (SSSR count). The molecule has 0 N–H and O–H groups in total. The Morgan fingerprint density at radius 1 is 0.375 bits per heavy atom. The number of nitrogens with zero attached hydrogens (tertiary/aromatic N) is 6. The number of rotatable bonds is 2. The minimum absolute atomic E-state index is 0.408. The van der Waals surface area contributed by atoms with Gasteiger partial charge >= 0.3 is 0 Å². The zero-order chi connectivity index (χ0) is 27.4. The fourth-order valence-electron chi connectivity index (χ4n) is 5.93. The molecule has 0 saturated heterocycles. The highest BCUT2D eigenvalue weighted by atomic mass is 15.0. The van der Waals surface area contributed by atoms with Gasteiger partial charge in [0, 0.05) is 21.5 Å². The van der Waals surface area contributed by atoms with Gasteiger partial charge < -0.3 is 9.13 Å². The average molecular weight is 509 g/mol. The number of para-hydroxylation sites is 4. The van der Waals surface area contributed by atoms with Crippen molar-refractivity contribution in [2.75, 3.05) is 0 Å². The van der Waals surface area contributed by atoms with Crippen molar-refractivity contribution >= 4 is 43.6 Å². The maximum Gasteiger partial charge on any atom is 0.101 e. The number of aromatic nitrogens is 2. The largest absolute Gasteiger partial charge is 0.307 e. The van der Waals surface area contributed by atoms with Crippen LogP contribution < -0.4 is 0 Å². The molecule has 0 saturated carbocycles. The summed E-state index contributed by atoms with van der Waals surface area (Å²) in [6.45, 7) is 0. The Balaban J connectivity index is 1.75. The summed E-state index contributed by atoms with van der Waals surface area (Å²) in [6, 6.07) is 39.3. The molecule has 6 heteroatoms. The van der Waals surface area contributed by atoms with Gasteiger partial charge in [-0.25, -0.2) is 0 Å². The standard InChI is InChI=1S/C34H16N6/c35-17-21-7-5-8-22(18-36)33(21)39-27-13-3-1-11-25(27)31-29(39)15-16-30-32(31)26-12-2-4-14-28(26)40(30)34-23(19-37)9-6-10-24(34)20-38/h1-16H. The second kappa shape index (κ2) is 8.61. The summed E-state index contributed by atoms with van der Waals surface area (Å²) in [5.74, 6) is 0. The van der Waals surface area contributed by atoms with E-state index in [1.165, 1.54) is 0 Å². The van der Waals surface area contributed by atoms with Crippen molar-refractivity contribution in [1.29, 1.82) is 21.0 Å². The molecule has 0 unspecified atom stereocenters. The van der Waals surface area contributed by atoms with Gasteiger partial charge in [0.2, 0.25) is 0 Å². The second-order valence-electron chi connectivity index (χ2n) is 9.41. The van der Waals surface area contributed by atoms with Gasteiger partial charge in [0.1, 0.15) is 24.3 Å². The average Bonchev–Trinajstić information content (AvgIpc) is 3.52. The molecule has 0 aliphatic carbocycles. The van der Waals surface area contributed by atoms with E-state index in [9.17, 15) is 21.0 Å². The third-order valence-corrected chi connectivity index (χ3v) is 7.47. The summed E-state index contributed by atoms with van der Waals surface area (Å²) < 4.78 is 3.99. The lowest BCUT2D eigenvalue weighted by molar-refractivity contribution is 1.15. The number of fused-ring (bicyclic) bond motifs is 7. The van der Waals surface area contributed by atoms with E-state index in [0.717, 1.165) is 43.6 Å². The number of benzene rings is 5. The maximum atomic E-state index is 9.99. The molecule has 0 fully saturated rings. The van der Waals surface area contributed by atoms with Crippen LogP contribution in [-0.4, -0.2) is 9.13 Å². The molecular formula is C34H16N6. The Bertz CT molecular complexity index is 2140. The van der Waals surface area contributed by atoms with Crippen LogP contribution in [0.5, 0.6) is 0 Å². The van der Waals surface area contributed by atoms with Crippen molar-refractivity contribution in [3.8, 4) is 35.7 Å². The summed E-state index contributed by atoms with van der Waals surface area (Å²) in [7, 11) is 0. The topological polar surface area (TPSA) is 105 Å². The Hall–Kier alpha value is -6.34. The highest BCUT2D eigenvalue weighted by Crippen LogP contribution is 2.43. The van der Waals surface area contributed by atoms with Crippen molar-refractivity contribution in [2.45, 2.75) is 0 Å². The molecule has 0 amide bonds. The molecule has 0 bridgehead atoms. The summed E-state index contributed by atoms with van der Waals surface area (Å²) in [6.07, 6.45) is 0. The minimum Gasteiger partial charge on any atom is -0.307 e. The Morgan fingerprint density at radius 3 is 1.07 bits per heavy atom. The fourth-order valence-corrected chi connectivity index (χ4v) is 5.93. The van der Waals surface area contributed by atoms with E-state index in [1.54, 1.807) is 36.4 Å². The van der Waals surface area contributed by atoms with Crippen molar-refractivity contribution < 1.29 is 0 Å². The summed E-state index contributed by atoms with van der Waals surface area (Å²) >= 11 is 0. The predicted octanol–water partition coefficient (Wildman–Crippen LogP) is 7.37. The Morgan fingerprint density at radius 2 is 0.725 bits per heavy atom. The van der Waals surface area contributed by atoms with Crippen LogP contribution >= 0.6 is 0 Å². The smallest absolute Gasteiger partial charge is 0.101 e. The van der Waals surface area contributed by atoms with Crippen molar-refractivity contribution in [2.24, 2.45) is 0 Å². The Kier molecular flexibility index (Phi) is 4.91. The molecule has 0 aliphatic heterocycles. The first kappa shape index (κ1) is 22.8. The first-order chi connectivity index (χ1) is 19.7. The third-order valence-electron chi connectivity index (χ3n) is 7.47. The summed E-state index contributed by atoms with van der Waals surface area (Å²) in [4.78, 5) is 0. The molecule has 6 nitrogen and oxygen atoms in total. The first-order valence-corrected chi connectivity index (χ1v) is 12.5. The van der Waals surface area contributed by atoms with Gasteiger partial charge in [-0.15, -0.1) is 0 Å². The number of hydrogen-bond donors (Lipinski definition) is 0. The van der Waals surface area contributed by atoms with E-state index in [-0.39, 0.29) is 0 Å². The van der Waals surface area contributed by atoms with Gasteiger partial charge in [-0.2, -0.15) is 21.0 Å². The number of nitriles is 4. The molecule has 7 aromatic rings. The zero-order valence-corrected chi connectivity index (χ0v) is 20.9. The fraction of sp³-hybridized carbons (Fsp3) is 0. The second-order valence-corrected chi connectivity index (χ2v) is 9.41. The van der Waals surface area contributed by atoms with Crippen LogP contribution in [0.25, 0.3) is 55.0 Å². The molecule has 40 heavy (non-hydrogen) atoms. The maximum absolute atomic E-state index is 9.99. The molecule has 0 radical (unpaired) electrons. The highest BCUT2D eigenvalue weighted by molar-refractivity contribution is 6.29. The molecule has 2 aromatic heterocycles.